The molecular weight excluding hydrogens is 454 g/mol. The molecule has 0 aromatic heterocycles. The van der Waals surface area contributed by atoms with Gasteiger partial charge in [0.15, 0.2) is 0 Å². The van der Waals surface area contributed by atoms with Crippen LogP contribution < -0.4 is 4.90 Å². The van der Waals surface area contributed by atoms with Crippen LogP contribution in [0.4, 0.5) is 5.69 Å². The lowest BCUT2D eigenvalue weighted by Crippen LogP contribution is -2.40. The van der Waals surface area contributed by atoms with Crippen molar-refractivity contribution in [2.45, 2.75) is 16.2 Å². The van der Waals surface area contributed by atoms with E-state index in [1.54, 1.807) is 17.0 Å². The summed E-state index contributed by atoms with van der Waals surface area (Å²) in [6.45, 7) is 1.82. The Balaban J connectivity index is 1.56. The summed E-state index contributed by atoms with van der Waals surface area (Å²) in [5.41, 5.74) is 1.82. The first kappa shape index (κ1) is 22.9. The number of nitrogens with zero attached hydrogens (tertiary/aromatic N) is 3. The predicted octanol–water partition coefficient (Wildman–Crippen LogP) is 1.16. The minimum Gasteiger partial charge on any atom is -0.379 e. The first-order valence-electron chi connectivity index (χ1n) is 10.2. The third-order valence-corrected chi connectivity index (χ3v) is 9.40. The van der Waals surface area contributed by atoms with Gasteiger partial charge in [-0.05, 0) is 54.4 Å². The Kier molecular flexibility index (Phi) is 6.12. The topological polar surface area (TPSA) is 104 Å². The van der Waals surface area contributed by atoms with Gasteiger partial charge >= 0.3 is 0 Å². The molecule has 0 aliphatic carbocycles. The van der Waals surface area contributed by atoms with Crippen LogP contribution >= 0.6 is 0 Å². The zero-order valence-corrected chi connectivity index (χ0v) is 19.5. The molecule has 0 spiro atoms. The molecule has 1 fully saturated rings. The summed E-state index contributed by atoms with van der Waals surface area (Å²) in [5.74, 6) is -0.263. The van der Waals surface area contributed by atoms with Crippen LogP contribution in [0, 0.1) is 0 Å². The number of benzene rings is 2. The summed E-state index contributed by atoms with van der Waals surface area (Å²) >= 11 is 0. The summed E-state index contributed by atoms with van der Waals surface area (Å²) in [6.07, 6.45) is 0.542. The molecule has 9 nitrogen and oxygen atoms in total. The predicted molar refractivity (Wildman–Crippen MR) is 119 cm³/mol. The van der Waals surface area contributed by atoms with Crippen LogP contribution in [-0.2, 0) is 31.2 Å². The van der Waals surface area contributed by atoms with Crippen LogP contribution in [0.2, 0.25) is 0 Å². The maximum absolute atomic E-state index is 13.1. The Bertz CT molecular complexity index is 1230. The zero-order valence-electron chi connectivity index (χ0n) is 17.9. The number of anilines is 1. The fourth-order valence-electron chi connectivity index (χ4n) is 3.82. The van der Waals surface area contributed by atoms with Crippen molar-refractivity contribution in [3.8, 4) is 0 Å². The maximum atomic E-state index is 13.1. The summed E-state index contributed by atoms with van der Waals surface area (Å²) < 4.78 is 58.1. The highest BCUT2D eigenvalue weighted by Crippen LogP contribution is 2.32. The summed E-state index contributed by atoms with van der Waals surface area (Å²) in [7, 11) is -4.29. The molecule has 0 radical (unpaired) electrons. The SMILES string of the molecule is CN(C)S(=O)(=O)c1ccc(C(=O)N2CCc3cc(S(=O)(=O)N4CCOCC4)ccc32)cc1. The van der Waals surface area contributed by atoms with Gasteiger partial charge in [-0.2, -0.15) is 4.31 Å². The third-order valence-electron chi connectivity index (χ3n) is 5.68. The molecule has 2 aliphatic heterocycles. The Morgan fingerprint density at radius 3 is 2.16 bits per heavy atom. The first-order valence-corrected chi connectivity index (χ1v) is 13.1. The number of hydrogen-bond acceptors (Lipinski definition) is 6. The van der Waals surface area contributed by atoms with E-state index in [1.807, 2.05) is 0 Å². The smallest absolute Gasteiger partial charge is 0.258 e. The lowest BCUT2D eigenvalue weighted by molar-refractivity contribution is 0.0730. The average Bonchev–Trinajstić information content (AvgIpc) is 3.22. The molecule has 172 valence electrons. The first-order chi connectivity index (χ1) is 15.1. The van der Waals surface area contributed by atoms with Gasteiger partial charge in [0.05, 0.1) is 23.0 Å². The van der Waals surface area contributed by atoms with E-state index in [4.69, 9.17) is 4.74 Å². The van der Waals surface area contributed by atoms with Gasteiger partial charge in [-0.1, -0.05) is 0 Å². The van der Waals surface area contributed by atoms with Gasteiger partial charge in [-0.3, -0.25) is 4.79 Å². The Morgan fingerprint density at radius 1 is 0.906 bits per heavy atom. The molecular formula is C21H25N3O6S2. The highest BCUT2D eigenvalue weighted by molar-refractivity contribution is 7.89. The molecule has 1 saturated heterocycles. The number of carbonyl (C=O) groups excluding carboxylic acids is 1. The minimum absolute atomic E-state index is 0.110. The van der Waals surface area contributed by atoms with E-state index >= 15 is 0 Å². The van der Waals surface area contributed by atoms with Crippen molar-refractivity contribution in [1.82, 2.24) is 8.61 Å². The van der Waals surface area contributed by atoms with E-state index in [0.717, 1.165) is 9.87 Å². The standard InChI is InChI=1S/C21H25N3O6S2/c1-22(2)31(26,27)18-5-3-16(4-6-18)21(25)24-10-9-17-15-19(7-8-20(17)24)32(28,29)23-11-13-30-14-12-23/h3-8,15H,9-14H2,1-2H3. The largest absolute Gasteiger partial charge is 0.379 e. The van der Waals surface area contributed by atoms with Gasteiger partial charge < -0.3 is 9.64 Å². The van der Waals surface area contributed by atoms with Gasteiger partial charge in [-0.15, -0.1) is 0 Å². The third kappa shape index (κ3) is 4.06. The van der Waals surface area contributed by atoms with Gasteiger partial charge in [0.25, 0.3) is 5.91 Å². The summed E-state index contributed by atoms with van der Waals surface area (Å²) in [5, 5.41) is 0. The molecule has 0 unspecified atom stereocenters. The number of fused-ring (bicyclic) bond motifs is 1. The van der Waals surface area contributed by atoms with Crippen molar-refractivity contribution < 1.29 is 26.4 Å². The van der Waals surface area contributed by atoms with Crippen molar-refractivity contribution in [3.63, 3.8) is 0 Å². The number of hydrogen-bond donors (Lipinski definition) is 0. The number of sulfonamides is 2. The molecule has 0 atom stereocenters. The fraction of sp³-hybridized carbons (Fsp3) is 0.381. The molecule has 4 rings (SSSR count). The Labute approximate surface area is 188 Å². The number of carbonyl (C=O) groups is 1. The second kappa shape index (κ2) is 8.56. The number of morpholine rings is 1. The molecule has 2 aliphatic rings. The van der Waals surface area contributed by atoms with Gasteiger partial charge in [-0.25, -0.2) is 21.1 Å². The summed E-state index contributed by atoms with van der Waals surface area (Å²) in [4.78, 5) is 15.0. The van der Waals surface area contributed by atoms with Gasteiger partial charge in [0.1, 0.15) is 0 Å². The lowest BCUT2D eigenvalue weighted by Gasteiger charge is -2.26. The highest BCUT2D eigenvalue weighted by Gasteiger charge is 2.30. The van der Waals surface area contributed by atoms with E-state index in [2.05, 4.69) is 0 Å². The van der Waals surface area contributed by atoms with Crippen LogP contribution in [0.15, 0.2) is 52.3 Å². The van der Waals surface area contributed by atoms with E-state index < -0.39 is 20.0 Å². The van der Waals surface area contributed by atoms with Gasteiger partial charge in [0.2, 0.25) is 20.0 Å². The van der Waals surface area contributed by atoms with E-state index in [-0.39, 0.29) is 15.7 Å². The monoisotopic (exact) mass is 479 g/mol. The molecule has 2 aromatic carbocycles. The van der Waals surface area contributed by atoms with Crippen LogP contribution in [0.3, 0.4) is 0 Å². The lowest BCUT2D eigenvalue weighted by atomic mass is 10.1. The molecule has 2 aromatic rings. The molecule has 0 saturated carbocycles. The van der Waals surface area contributed by atoms with Crippen molar-refractivity contribution in [3.05, 3.63) is 53.6 Å². The van der Waals surface area contributed by atoms with Crippen molar-refractivity contribution in [2.24, 2.45) is 0 Å². The zero-order chi connectivity index (χ0) is 23.1. The van der Waals surface area contributed by atoms with Crippen LogP contribution in [0.5, 0.6) is 0 Å². The molecule has 0 bridgehead atoms. The number of rotatable bonds is 5. The second-order valence-electron chi connectivity index (χ2n) is 7.83. The second-order valence-corrected chi connectivity index (χ2v) is 11.9. The fourth-order valence-corrected chi connectivity index (χ4v) is 6.18. The van der Waals surface area contributed by atoms with E-state index in [1.165, 1.54) is 48.7 Å². The van der Waals surface area contributed by atoms with Crippen molar-refractivity contribution in [1.29, 1.82) is 0 Å². The average molecular weight is 480 g/mol. The minimum atomic E-state index is -3.61. The molecule has 0 N–H and O–H groups in total. The molecule has 1 amide bonds. The number of amides is 1. The molecule has 2 heterocycles. The van der Waals surface area contributed by atoms with Crippen molar-refractivity contribution >= 4 is 31.6 Å². The van der Waals surface area contributed by atoms with Gasteiger partial charge in [0, 0.05) is 45.0 Å². The van der Waals surface area contributed by atoms with Crippen molar-refractivity contribution in [2.75, 3.05) is 51.8 Å². The van der Waals surface area contributed by atoms with Crippen LogP contribution in [0.25, 0.3) is 0 Å². The Hall–Kier alpha value is -2.31. The quantitative estimate of drug-likeness (QED) is 0.638. The van der Waals surface area contributed by atoms with E-state index in [0.29, 0.717) is 50.5 Å². The number of ether oxygens (including phenoxy) is 1. The van der Waals surface area contributed by atoms with Crippen LogP contribution in [-0.4, -0.2) is 78.3 Å². The highest BCUT2D eigenvalue weighted by atomic mass is 32.2. The molecule has 11 heteroatoms. The Morgan fingerprint density at radius 2 is 1.53 bits per heavy atom. The summed E-state index contributed by atoms with van der Waals surface area (Å²) in [6, 6.07) is 10.7. The van der Waals surface area contributed by atoms with E-state index in [9.17, 15) is 21.6 Å². The maximum Gasteiger partial charge on any atom is 0.258 e. The molecule has 32 heavy (non-hydrogen) atoms. The van der Waals surface area contributed by atoms with Crippen LogP contribution in [0.1, 0.15) is 15.9 Å². The normalized spacial score (nSPS) is 17.5.